The molecule has 2 N–H and O–H groups in total. The van der Waals surface area contributed by atoms with Crippen LogP contribution in [0, 0.1) is 5.92 Å². The Morgan fingerprint density at radius 2 is 1.62 bits per heavy atom. The number of benzene rings is 3. The number of carbonyl (C=O) groups excluding carboxylic acids is 1. The van der Waals surface area contributed by atoms with Crippen LogP contribution in [0.1, 0.15) is 0 Å². The molecule has 8 heteroatoms. The molecule has 148 valence electrons. The van der Waals surface area contributed by atoms with E-state index in [1.807, 2.05) is 12.1 Å². The molecule has 1 amide bonds. The highest BCUT2D eigenvalue weighted by atomic mass is 32.2. The van der Waals surface area contributed by atoms with E-state index in [1.165, 1.54) is 17.0 Å². The molecule has 3 aromatic carbocycles. The first kappa shape index (κ1) is 19.1. The number of sulfonamides is 1. The number of para-hydroxylation sites is 1. The predicted octanol–water partition coefficient (Wildman–Crippen LogP) is 2.23. The average Bonchev–Trinajstić information content (AvgIpc) is 3.04. The summed E-state index contributed by atoms with van der Waals surface area (Å²) in [6.07, 6.45) is 0. The van der Waals surface area contributed by atoms with E-state index in [9.17, 15) is 23.1 Å². The quantitative estimate of drug-likeness (QED) is 0.671. The van der Waals surface area contributed by atoms with Crippen molar-refractivity contribution in [2.75, 3.05) is 11.4 Å². The lowest BCUT2D eigenvalue weighted by molar-refractivity contribution is -0.142. The van der Waals surface area contributed by atoms with Crippen LogP contribution in [0.4, 0.5) is 5.69 Å². The molecule has 0 radical (unpaired) electrons. The van der Waals surface area contributed by atoms with Gasteiger partial charge in [0.1, 0.15) is 6.04 Å². The minimum absolute atomic E-state index is 0.0219. The Morgan fingerprint density at radius 1 is 0.966 bits per heavy atom. The average molecular weight is 410 g/mol. The van der Waals surface area contributed by atoms with Gasteiger partial charge in [-0.3, -0.25) is 9.59 Å². The maximum Gasteiger partial charge on any atom is 0.310 e. The van der Waals surface area contributed by atoms with E-state index in [2.05, 4.69) is 4.72 Å². The van der Waals surface area contributed by atoms with Gasteiger partial charge in [0, 0.05) is 12.2 Å². The normalized spacial score (nSPS) is 19.6. The molecule has 2 atom stereocenters. The summed E-state index contributed by atoms with van der Waals surface area (Å²) in [5.74, 6) is -3.02. The molecule has 1 fully saturated rings. The van der Waals surface area contributed by atoms with Gasteiger partial charge in [0.05, 0.1) is 10.8 Å². The molecular formula is C21H18N2O5S. The number of carbonyl (C=O) groups is 2. The lowest BCUT2D eigenvalue weighted by Gasteiger charge is -2.17. The first-order valence-electron chi connectivity index (χ1n) is 8.97. The van der Waals surface area contributed by atoms with Crippen LogP contribution in [0.3, 0.4) is 0 Å². The summed E-state index contributed by atoms with van der Waals surface area (Å²) in [6.45, 7) is -0.108. The summed E-state index contributed by atoms with van der Waals surface area (Å²) < 4.78 is 28.1. The zero-order chi connectivity index (χ0) is 20.6. The lowest BCUT2D eigenvalue weighted by atomic mass is 10.1. The first-order chi connectivity index (χ1) is 13.9. The van der Waals surface area contributed by atoms with E-state index in [1.54, 1.807) is 48.5 Å². The molecule has 0 bridgehead atoms. The molecular weight excluding hydrogens is 392 g/mol. The third-order valence-electron chi connectivity index (χ3n) is 5.01. The number of anilines is 1. The van der Waals surface area contributed by atoms with Crippen molar-refractivity contribution in [3.05, 3.63) is 72.8 Å². The van der Waals surface area contributed by atoms with Crippen molar-refractivity contribution in [2.45, 2.75) is 10.9 Å². The molecule has 1 heterocycles. The zero-order valence-electron chi connectivity index (χ0n) is 15.2. The van der Waals surface area contributed by atoms with Crippen molar-refractivity contribution in [3.8, 4) is 0 Å². The maximum atomic E-state index is 12.9. The Balaban J connectivity index is 1.66. The van der Waals surface area contributed by atoms with Crippen LogP contribution in [0.25, 0.3) is 10.8 Å². The number of nitrogens with one attached hydrogen (secondary N) is 1. The van der Waals surface area contributed by atoms with Crippen molar-refractivity contribution in [1.29, 1.82) is 0 Å². The first-order valence-corrected chi connectivity index (χ1v) is 10.5. The number of carboxylic acid groups (broad SMARTS) is 1. The van der Waals surface area contributed by atoms with E-state index in [-0.39, 0.29) is 11.4 Å². The SMILES string of the molecule is O=C(O)[C@@H]1CN(c2ccccc2)C(=O)[C@@H]1NS(=O)(=O)c1ccc2ccccc2c1. The molecule has 7 nitrogen and oxygen atoms in total. The van der Waals surface area contributed by atoms with Crippen LogP contribution >= 0.6 is 0 Å². The monoisotopic (exact) mass is 410 g/mol. The number of nitrogens with zero attached hydrogens (tertiary/aromatic N) is 1. The van der Waals surface area contributed by atoms with Crippen molar-refractivity contribution >= 4 is 38.4 Å². The Morgan fingerprint density at radius 3 is 2.31 bits per heavy atom. The van der Waals surface area contributed by atoms with Crippen molar-refractivity contribution < 1.29 is 23.1 Å². The van der Waals surface area contributed by atoms with Gasteiger partial charge in [-0.1, -0.05) is 48.5 Å². The highest BCUT2D eigenvalue weighted by Gasteiger charge is 2.47. The van der Waals surface area contributed by atoms with E-state index in [4.69, 9.17) is 0 Å². The van der Waals surface area contributed by atoms with E-state index < -0.39 is 33.9 Å². The third-order valence-corrected chi connectivity index (χ3v) is 6.45. The molecule has 29 heavy (non-hydrogen) atoms. The van der Waals surface area contributed by atoms with Gasteiger partial charge in [-0.2, -0.15) is 4.72 Å². The second-order valence-corrected chi connectivity index (χ2v) is 8.55. The Labute approximate surface area is 167 Å². The van der Waals surface area contributed by atoms with E-state index in [0.717, 1.165) is 10.8 Å². The Bertz CT molecular complexity index is 1190. The van der Waals surface area contributed by atoms with Gasteiger partial charge in [-0.25, -0.2) is 8.42 Å². The number of rotatable bonds is 5. The van der Waals surface area contributed by atoms with Crippen LogP contribution in [0.15, 0.2) is 77.7 Å². The second-order valence-electron chi connectivity index (χ2n) is 6.84. The second kappa shape index (κ2) is 7.31. The molecule has 0 saturated carbocycles. The highest BCUT2D eigenvalue weighted by Crippen LogP contribution is 2.27. The molecule has 0 aliphatic carbocycles. The van der Waals surface area contributed by atoms with Crippen LogP contribution in [0.5, 0.6) is 0 Å². The van der Waals surface area contributed by atoms with E-state index in [0.29, 0.717) is 5.69 Å². The fourth-order valence-electron chi connectivity index (χ4n) is 3.50. The number of carboxylic acids is 1. The summed E-state index contributed by atoms with van der Waals surface area (Å²) in [5, 5.41) is 11.2. The van der Waals surface area contributed by atoms with Crippen molar-refractivity contribution in [2.24, 2.45) is 5.92 Å². The van der Waals surface area contributed by atoms with Gasteiger partial charge in [0.2, 0.25) is 15.9 Å². The number of fused-ring (bicyclic) bond motifs is 1. The summed E-state index contributed by atoms with van der Waals surface area (Å²) in [5.41, 5.74) is 0.524. The van der Waals surface area contributed by atoms with Gasteiger partial charge in [-0.05, 0) is 35.0 Å². The molecule has 0 spiro atoms. The molecule has 3 aromatic rings. The van der Waals surface area contributed by atoms with Crippen LogP contribution in [-0.2, 0) is 19.6 Å². The van der Waals surface area contributed by atoms with Gasteiger partial charge in [0.15, 0.2) is 0 Å². The van der Waals surface area contributed by atoms with Crippen LogP contribution < -0.4 is 9.62 Å². The van der Waals surface area contributed by atoms with E-state index >= 15 is 0 Å². The van der Waals surface area contributed by atoms with Crippen LogP contribution in [0.2, 0.25) is 0 Å². The highest BCUT2D eigenvalue weighted by molar-refractivity contribution is 7.89. The lowest BCUT2D eigenvalue weighted by Crippen LogP contribution is -2.45. The number of hydrogen-bond acceptors (Lipinski definition) is 4. The molecule has 4 rings (SSSR count). The molecule has 1 aliphatic heterocycles. The Hall–Kier alpha value is -3.23. The predicted molar refractivity (Wildman–Crippen MR) is 108 cm³/mol. The molecule has 0 aromatic heterocycles. The summed E-state index contributed by atoms with van der Waals surface area (Å²) in [4.78, 5) is 25.9. The fourth-order valence-corrected chi connectivity index (χ4v) is 4.76. The standard InChI is InChI=1S/C21H18N2O5S/c24-20-19(18(21(25)26)13-23(20)16-8-2-1-3-9-16)22-29(27,28)17-11-10-14-6-4-5-7-15(14)12-17/h1-12,18-19,22H,13H2,(H,25,26)/t18-,19-/m1/s1. The number of amides is 1. The summed E-state index contributed by atoms with van der Waals surface area (Å²) in [7, 11) is -4.10. The van der Waals surface area contributed by atoms with Crippen molar-refractivity contribution in [3.63, 3.8) is 0 Å². The zero-order valence-corrected chi connectivity index (χ0v) is 16.0. The molecule has 1 saturated heterocycles. The van der Waals surface area contributed by atoms with Gasteiger partial charge in [-0.15, -0.1) is 0 Å². The van der Waals surface area contributed by atoms with Crippen LogP contribution in [-0.4, -0.2) is 38.0 Å². The smallest absolute Gasteiger partial charge is 0.310 e. The minimum Gasteiger partial charge on any atom is -0.481 e. The van der Waals surface area contributed by atoms with Gasteiger partial charge >= 0.3 is 5.97 Å². The maximum absolute atomic E-state index is 12.9. The molecule has 0 unspecified atom stereocenters. The topological polar surface area (TPSA) is 104 Å². The minimum atomic E-state index is -4.10. The van der Waals surface area contributed by atoms with Gasteiger partial charge < -0.3 is 10.0 Å². The third kappa shape index (κ3) is 3.59. The van der Waals surface area contributed by atoms with Gasteiger partial charge in [0.25, 0.3) is 0 Å². The number of aliphatic carboxylic acids is 1. The fraction of sp³-hybridized carbons (Fsp3) is 0.143. The summed E-state index contributed by atoms with van der Waals surface area (Å²) >= 11 is 0. The molecule has 1 aliphatic rings. The largest absolute Gasteiger partial charge is 0.481 e. The van der Waals surface area contributed by atoms with Crippen molar-refractivity contribution in [1.82, 2.24) is 4.72 Å². The Kier molecular flexibility index (Phi) is 4.81. The number of hydrogen-bond donors (Lipinski definition) is 2. The summed E-state index contributed by atoms with van der Waals surface area (Å²) in [6, 6.07) is 19.1.